The van der Waals surface area contributed by atoms with Crippen molar-refractivity contribution in [2.75, 3.05) is 17.2 Å². The van der Waals surface area contributed by atoms with Crippen molar-refractivity contribution in [2.45, 2.75) is 6.92 Å². The van der Waals surface area contributed by atoms with Crippen LogP contribution in [0.2, 0.25) is 0 Å². The zero-order chi connectivity index (χ0) is 19.1. The highest BCUT2D eigenvalue weighted by Gasteiger charge is 2.12. The molecule has 1 aromatic heterocycles. The van der Waals surface area contributed by atoms with Gasteiger partial charge in [-0.25, -0.2) is 14.8 Å². The lowest BCUT2D eigenvalue weighted by molar-refractivity contribution is 0.0527. The first-order valence-corrected chi connectivity index (χ1v) is 8.32. The van der Waals surface area contributed by atoms with E-state index in [-0.39, 0.29) is 0 Å². The van der Waals surface area contributed by atoms with Crippen LogP contribution in [-0.2, 0) is 4.74 Å². The summed E-state index contributed by atoms with van der Waals surface area (Å²) >= 11 is 0. The van der Waals surface area contributed by atoms with Crippen molar-refractivity contribution >= 4 is 29.0 Å². The second-order valence-corrected chi connectivity index (χ2v) is 5.46. The Morgan fingerprint density at radius 1 is 1.04 bits per heavy atom. The Labute approximate surface area is 156 Å². The van der Waals surface area contributed by atoms with Gasteiger partial charge in [-0.3, -0.25) is 0 Å². The van der Waals surface area contributed by atoms with Crippen LogP contribution in [-0.4, -0.2) is 22.5 Å². The third kappa shape index (κ3) is 4.38. The quantitative estimate of drug-likeness (QED) is 0.641. The molecule has 0 aliphatic carbocycles. The molecule has 3 rings (SSSR count). The number of anilines is 4. The SMILES string of the molecule is CCOC(=O)c1ccccc1Nc1cc(Nc2ccccc2C#N)ncn1. The monoisotopic (exact) mass is 359 g/mol. The Kier molecular flexibility index (Phi) is 5.60. The van der Waals surface area contributed by atoms with Gasteiger partial charge in [0.1, 0.15) is 24.0 Å². The predicted molar refractivity (Wildman–Crippen MR) is 102 cm³/mol. The zero-order valence-electron chi connectivity index (χ0n) is 14.6. The summed E-state index contributed by atoms with van der Waals surface area (Å²) in [6.07, 6.45) is 1.40. The minimum absolute atomic E-state index is 0.299. The maximum absolute atomic E-state index is 12.1. The van der Waals surface area contributed by atoms with E-state index in [0.717, 1.165) is 0 Å². The molecular formula is C20H17N5O2. The van der Waals surface area contributed by atoms with E-state index >= 15 is 0 Å². The van der Waals surface area contributed by atoms with Gasteiger partial charge in [0.05, 0.1) is 29.1 Å². The molecule has 2 aromatic carbocycles. The normalized spacial score (nSPS) is 9.93. The van der Waals surface area contributed by atoms with Crippen molar-refractivity contribution in [3.8, 4) is 6.07 Å². The molecule has 134 valence electrons. The highest BCUT2D eigenvalue weighted by Crippen LogP contribution is 2.23. The van der Waals surface area contributed by atoms with Gasteiger partial charge in [0.2, 0.25) is 0 Å². The molecule has 0 atom stereocenters. The van der Waals surface area contributed by atoms with Crippen molar-refractivity contribution in [3.05, 3.63) is 72.1 Å². The molecule has 0 spiro atoms. The van der Waals surface area contributed by atoms with Gasteiger partial charge in [-0.2, -0.15) is 5.26 Å². The van der Waals surface area contributed by atoms with Crippen molar-refractivity contribution in [2.24, 2.45) is 0 Å². The largest absolute Gasteiger partial charge is 0.462 e. The molecule has 0 amide bonds. The lowest BCUT2D eigenvalue weighted by Crippen LogP contribution is -2.08. The number of ether oxygens (including phenoxy) is 1. The molecule has 0 aliphatic heterocycles. The molecule has 3 aromatic rings. The second-order valence-electron chi connectivity index (χ2n) is 5.46. The van der Waals surface area contributed by atoms with E-state index in [9.17, 15) is 10.1 Å². The number of carbonyl (C=O) groups is 1. The van der Waals surface area contributed by atoms with Crippen LogP contribution in [0.3, 0.4) is 0 Å². The third-order valence-electron chi connectivity index (χ3n) is 3.66. The first-order valence-electron chi connectivity index (χ1n) is 8.32. The lowest BCUT2D eigenvalue weighted by Gasteiger charge is -2.12. The summed E-state index contributed by atoms with van der Waals surface area (Å²) in [6.45, 7) is 2.06. The molecular weight excluding hydrogens is 342 g/mol. The van der Waals surface area contributed by atoms with Crippen LogP contribution >= 0.6 is 0 Å². The van der Waals surface area contributed by atoms with Crippen molar-refractivity contribution in [1.29, 1.82) is 5.26 Å². The van der Waals surface area contributed by atoms with Crippen LogP contribution in [0.1, 0.15) is 22.8 Å². The first kappa shape index (κ1) is 17.9. The molecule has 0 unspecified atom stereocenters. The number of hydrogen-bond acceptors (Lipinski definition) is 7. The number of benzene rings is 2. The van der Waals surface area contributed by atoms with Crippen LogP contribution in [0.25, 0.3) is 0 Å². The topological polar surface area (TPSA) is 99.9 Å². The smallest absolute Gasteiger partial charge is 0.340 e. The summed E-state index contributed by atoms with van der Waals surface area (Å²) in [5.74, 6) is 0.610. The number of carbonyl (C=O) groups excluding carboxylic acids is 1. The van der Waals surface area contributed by atoms with Gasteiger partial charge in [0.15, 0.2) is 0 Å². The fourth-order valence-corrected chi connectivity index (χ4v) is 2.44. The van der Waals surface area contributed by atoms with E-state index in [2.05, 4.69) is 26.7 Å². The van der Waals surface area contributed by atoms with Crippen molar-refractivity contribution < 1.29 is 9.53 Å². The lowest BCUT2D eigenvalue weighted by atomic mass is 10.2. The Bertz CT molecular complexity index is 997. The number of esters is 1. The van der Waals surface area contributed by atoms with Crippen molar-refractivity contribution in [1.82, 2.24) is 9.97 Å². The Hall–Kier alpha value is -3.92. The van der Waals surface area contributed by atoms with Crippen LogP contribution in [0.4, 0.5) is 23.0 Å². The average Bonchev–Trinajstić information content (AvgIpc) is 2.69. The Morgan fingerprint density at radius 3 is 2.37 bits per heavy atom. The number of nitrogens with zero attached hydrogens (tertiary/aromatic N) is 3. The minimum Gasteiger partial charge on any atom is -0.462 e. The van der Waals surface area contributed by atoms with Gasteiger partial charge in [-0.15, -0.1) is 0 Å². The minimum atomic E-state index is -0.407. The summed E-state index contributed by atoms with van der Waals surface area (Å²) in [4.78, 5) is 20.5. The summed E-state index contributed by atoms with van der Waals surface area (Å²) in [5.41, 5.74) is 2.16. The molecule has 0 saturated heterocycles. The number of hydrogen-bond donors (Lipinski definition) is 2. The molecule has 0 saturated carbocycles. The van der Waals surface area contributed by atoms with Gasteiger partial charge < -0.3 is 15.4 Å². The summed E-state index contributed by atoms with van der Waals surface area (Å²) in [5, 5.41) is 15.4. The van der Waals surface area contributed by atoms with E-state index in [1.165, 1.54) is 6.33 Å². The predicted octanol–water partition coefficient (Wildman–Crippen LogP) is 4.01. The van der Waals surface area contributed by atoms with Crippen LogP contribution < -0.4 is 10.6 Å². The second kappa shape index (κ2) is 8.45. The van der Waals surface area contributed by atoms with Gasteiger partial charge >= 0.3 is 5.97 Å². The molecule has 0 radical (unpaired) electrons. The Morgan fingerprint density at radius 2 is 1.67 bits per heavy atom. The molecule has 1 heterocycles. The number of rotatable bonds is 6. The summed E-state index contributed by atoms with van der Waals surface area (Å²) < 4.78 is 5.08. The molecule has 0 fully saturated rings. The molecule has 7 heteroatoms. The van der Waals surface area contributed by atoms with Gasteiger partial charge in [-0.1, -0.05) is 24.3 Å². The van der Waals surface area contributed by atoms with Gasteiger partial charge in [-0.05, 0) is 31.2 Å². The zero-order valence-corrected chi connectivity index (χ0v) is 14.6. The number of nitriles is 1. The highest BCUT2D eigenvalue weighted by atomic mass is 16.5. The highest BCUT2D eigenvalue weighted by molar-refractivity contribution is 5.96. The van der Waals surface area contributed by atoms with Gasteiger partial charge in [0, 0.05) is 6.07 Å². The van der Waals surface area contributed by atoms with Crippen LogP contribution in [0.5, 0.6) is 0 Å². The number of aromatic nitrogens is 2. The third-order valence-corrected chi connectivity index (χ3v) is 3.66. The maximum atomic E-state index is 12.1. The summed E-state index contributed by atoms with van der Waals surface area (Å²) in [6, 6.07) is 18.0. The Balaban J connectivity index is 1.83. The van der Waals surface area contributed by atoms with Gasteiger partial charge in [0.25, 0.3) is 0 Å². The maximum Gasteiger partial charge on any atom is 0.340 e. The molecule has 0 bridgehead atoms. The average molecular weight is 359 g/mol. The fraction of sp³-hybridized carbons (Fsp3) is 0.100. The molecule has 0 aliphatic rings. The van der Waals surface area contributed by atoms with E-state index in [1.807, 2.05) is 12.1 Å². The fourth-order valence-electron chi connectivity index (χ4n) is 2.44. The first-order chi connectivity index (χ1) is 13.2. The van der Waals surface area contributed by atoms with Crippen LogP contribution in [0, 0.1) is 11.3 Å². The van der Waals surface area contributed by atoms with E-state index < -0.39 is 5.97 Å². The molecule has 27 heavy (non-hydrogen) atoms. The van der Waals surface area contributed by atoms with Crippen LogP contribution in [0.15, 0.2) is 60.9 Å². The van der Waals surface area contributed by atoms with E-state index in [0.29, 0.717) is 40.7 Å². The van der Waals surface area contributed by atoms with E-state index in [1.54, 1.807) is 49.4 Å². The molecule has 2 N–H and O–H groups in total. The molecule has 7 nitrogen and oxygen atoms in total. The number of para-hydroxylation sites is 2. The summed E-state index contributed by atoms with van der Waals surface area (Å²) in [7, 11) is 0. The number of nitrogens with one attached hydrogen (secondary N) is 2. The standard InChI is InChI=1S/C20H17N5O2/c1-2-27-20(26)15-8-4-6-10-17(15)25-19-11-18(22-13-23-19)24-16-9-5-3-7-14(16)12-21/h3-11,13H,2H2,1H3,(H2,22,23,24,25). The van der Waals surface area contributed by atoms with Crippen molar-refractivity contribution in [3.63, 3.8) is 0 Å². The van der Waals surface area contributed by atoms with E-state index in [4.69, 9.17) is 4.74 Å².